The average molecular weight is 270 g/mol. The Morgan fingerprint density at radius 2 is 2.21 bits per heavy atom. The standard InChI is InChI=1S/C15H30N2O2/c1-12(2)13(7-9-16)5-6-15(18)17-10-8-14-4-3-11-19-14/h12-14H,3-11,16H2,1-2H3,(H,17,18). The summed E-state index contributed by atoms with van der Waals surface area (Å²) in [4.78, 5) is 11.8. The lowest BCUT2D eigenvalue weighted by molar-refractivity contribution is -0.121. The van der Waals surface area contributed by atoms with Crippen molar-refractivity contribution < 1.29 is 9.53 Å². The molecule has 4 nitrogen and oxygen atoms in total. The SMILES string of the molecule is CC(C)C(CCN)CCC(=O)NCCC1CCCO1. The summed E-state index contributed by atoms with van der Waals surface area (Å²) >= 11 is 0. The Kier molecular flexibility index (Phi) is 8.07. The second-order valence-electron chi connectivity index (χ2n) is 5.89. The van der Waals surface area contributed by atoms with Crippen molar-refractivity contribution in [3.05, 3.63) is 0 Å². The third-order valence-corrected chi connectivity index (χ3v) is 4.03. The molecule has 19 heavy (non-hydrogen) atoms. The maximum atomic E-state index is 11.8. The van der Waals surface area contributed by atoms with E-state index >= 15 is 0 Å². The van der Waals surface area contributed by atoms with E-state index in [1.807, 2.05) is 0 Å². The first-order valence-corrected chi connectivity index (χ1v) is 7.71. The number of ether oxygens (including phenoxy) is 1. The Morgan fingerprint density at radius 3 is 2.79 bits per heavy atom. The fraction of sp³-hybridized carbons (Fsp3) is 0.933. The summed E-state index contributed by atoms with van der Waals surface area (Å²) in [6.07, 6.45) is 6.19. The number of amides is 1. The molecule has 1 saturated heterocycles. The summed E-state index contributed by atoms with van der Waals surface area (Å²) in [6, 6.07) is 0. The van der Waals surface area contributed by atoms with Crippen LogP contribution in [-0.4, -0.2) is 31.7 Å². The molecule has 0 aromatic carbocycles. The maximum Gasteiger partial charge on any atom is 0.220 e. The zero-order chi connectivity index (χ0) is 14.1. The molecule has 0 spiro atoms. The van der Waals surface area contributed by atoms with Gasteiger partial charge in [-0.15, -0.1) is 0 Å². The first kappa shape index (κ1) is 16.4. The van der Waals surface area contributed by atoms with Crippen LogP contribution in [0.25, 0.3) is 0 Å². The van der Waals surface area contributed by atoms with Gasteiger partial charge in [0.1, 0.15) is 0 Å². The average Bonchev–Trinajstić information content (AvgIpc) is 2.87. The van der Waals surface area contributed by atoms with Gasteiger partial charge in [0.2, 0.25) is 5.91 Å². The van der Waals surface area contributed by atoms with E-state index in [1.165, 1.54) is 0 Å². The first-order valence-electron chi connectivity index (χ1n) is 7.71. The minimum absolute atomic E-state index is 0.167. The number of rotatable bonds is 9. The third kappa shape index (κ3) is 6.92. The molecule has 0 aromatic heterocycles. The number of nitrogens with one attached hydrogen (secondary N) is 1. The van der Waals surface area contributed by atoms with E-state index in [4.69, 9.17) is 10.5 Å². The van der Waals surface area contributed by atoms with Gasteiger partial charge >= 0.3 is 0 Å². The van der Waals surface area contributed by atoms with Crippen LogP contribution in [0.3, 0.4) is 0 Å². The van der Waals surface area contributed by atoms with Crippen molar-refractivity contribution in [1.82, 2.24) is 5.32 Å². The van der Waals surface area contributed by atoms with Crippen LogP contribution >= 0.6 is 0 Å². The zero-order valence-corrected chi connectivity index (χ0v) is 12.5. The summed E-state index contributed by atoms with van der Waals surface area (Å²) in [6.45, 7) is 6.75. The lowest BCUT2D eigenvalue weighted by atomic mass is 9.88. The smallest absolute Gasteiger partial charge is 0.220 e. The van der Waals surface area contributed by atoms with Gasteiger partial charge in [0.15, 0.2) is 0 Å². The minimum Gasteiger partial charge on any atom is -0.378 e. The lowest BCUT2D eigenvalue weighted by Crippen LogP contribution is -2.27. The highest BCUT2D eigenvalue weighted by Crippen LogP contribution is 2.20. The second kappa shape index (κ2) is 9.32. The molecule has 3 N–H and O–H groups in total. The summed E-state index contributed by atoms with van der Waals surface area (Å²) in [5.74, 6) is 1.33. The highest BCUT2D eigenvalue weighted by molar-refractivity contribution is 5.75. The summed E-state index contributed by atoms with van der Waals surface area (Å²) in [5, 5.41) is 3.00. The van der Waals surface area contributed by atoms with Gasteiger partial charge in [0, 0.05) is 19.6 Å². The fourth-order valence-corrected chi connectivity index (χ4v) is 2.67. The topological polar surface area (TPSA) is 64.4 Å². The van der Waals surface area contributed by atoms with Crippen LogP contribution in [0, 0.1) is 11.8 Å². The van der Waals surface area contributed by atoms with E-state index in [0.717, 1.165) is 45.3 Å². The van der Waals surface area contributed by atoms with Gasteiger partial charge in [-0.25, -0.2) is 0 Å². The predicted octanol–water partition coefficient (Wildman–Crippen LogP) is 2.07. The van der Waals surface area contributed by atoms with Gasteiger partial charge < -0.3 is 15.8 Å². The highest BCUT2D eigenvalue weighted by Gasteiger charge is 2.16. The highest BCUT2D eigenvalue weighted by atomic mass is 16.5. The van der Waals surface area contributed by atoms with Crippen LogP contribution in [0.2, 0.25) is 0 Å². The lowest BCUT2D eigenvalue weighted by Gasteiger charge is -2.19. The summed E-state index contributed by atoms with van der Waals surface area (Å²) in [5.41, 5.74) is 5.61. The number of hydrogen-bond donors (Lipinski definition) is 2. The van der Waals surface area contributed by atoms with Gasteiger partial charge in [-0.2, -0.15) is 0 Å². The fourth-order valence-electron chi connectivity index (χ4n) is 2.67. The van der Waals surface area contributed by atoms with E-state index in [-0.39, 0.29) is 5.91 Å². The maximum absolute atomic E-state index is 11.8. The summed E-state index contributed by atoms with van der Waals surface area (Å²) < 4.78 is 5.53. The van der Waals surface area contributed by atoms with Gasteiger partial charge in [0.05, 0.1) is 6.10 Å². The molecular weight excluding hydrogens is 240 g/mol. The van der Waals surface area contributed by atoms with Gasteiger partial charge in [0.25, 0.3) is 0 Å². The molecule has 1 aliphatic heterocycles. The molecule has 112 valence electrons. The molecule has 0 bridgehead atoms. The van der Waals surface area contributed by atoms with Crippen molar-refractivity contribution >= 4 is 5.91 Å². The van der Waals surface area contributed by atoms with Crippen molar-refractivity contribution in [3.63, 3.8) is 0 Å². The van der Waals surface area contributed by atoms with Crippen LogP contribution in [0.1, 0.15) is 52.4 Å². The molecule has 4 heteroatoms. The van der Waals surface area contributed by atoms with Crippen LogP contribution in [0.5, 0.6) is 0 Å². The molecule has 1 fully saturated rings. The van der Waals surface area contributed by atoms with E-state index in [0.29, 0.717) is 30.9 Å². The quantitative estimate of drug-likeness (QED) is 0.674. The Bertz CT molecular complexity index is 251. The normalized spacial score (nSPS) is 20.7. The molecule has 1 heterocycles. The summed E-state index contributed by atoms with van der Waals surface area (Å²) in [7, 11) is 0. The monoisotopic (exact) mass is 270 g/mol. The molecule has 0 aromatic rings. The molecule has 0 radical (unpaired) electrons. The minimum atomic E-state index is 0.167. The molecule has 1 rings (SSSR count). The second-order valence-corrected chi connectivity index (χ2v) is 5.89. The largest absolute Gasteiger partial charge is 0.378 e. The van der Waals surface area contributed by atoms with Gasteiger partial charge in [-0.3, -0.25) is 4.79 Å². The molecule has 2 unspecified atom stereocenters. The van der Waals surface area contributed by atoms with Crippen molar-refractivity contribution in [2.75, 3.05) is 19.7 Å². The van der Waals surface area contributed by atoms with Crippen LogP contribution in [0.4, 0.5) is 0 Å². The molecule has 1 aliphatic rings. The molecule has 1 amide bonds. The van der Waals surface area contributed by atoms with E-state index in [9.17, 15) is 4.79 Å². The molecular formula is C15H30N2O2. The Hall–Kier alpha value is -0.610. The van der Waals surface area contributed by atoms with Crippen LogP contribution in [0.15, 0.2) is 0 Å². The number of hydrogen-bond acceptors (Lipinski definition) is 3. The van der Waals surface area contributed by atoms with E-state index in [1.54, 1.807) is 0 Å². The van der Waals surface area contributed by atoms with Crippen molar-refractivity contribution in [2.24, 2.45) is 17.6 Å². The molecule has 2 atom stereocenters. The van der Waals surface area contributed by atoms with Crippen LogP contribution < -0.4 is 11.1 Å². The van der Waals surface area contributed by atoms with E-state index < -0.39 is 0 Å². The first-order chi connectivity index (χ1) is 9.13. The third-order valence-electron chi connectivity index (χ3n) is 4.03. The van der Waals surface area contributed by atoms with Crippen LogP contribution in [-0.2, 0) is 9.53 Å². The molecule has 0 saturated carbocycles. The number of carbonyl (C=O) groups excluding carboxylic acids is 1. The Balaban J connectivity index is 2.08. The van der Waals surface area contributed by atoms with Gasteiger partial charge in [-0.1, -0.05) is 13.8 Å². The van der Waals surface area contributed by atoms with Crippen molar-refractivity contribution in [1.29, 1.82) is 0 Å². The number of nitrogens with two attached hydrogens (primary N) is 1. The Labute approximate surface area is 117 Å². The Morgan fingerprint density at radius 1 is 1.42 bits per heavy atom. The molecule has 0 aliphatic carbocycles. The predicted molar refractivity (Wildman–Crippen MR) is 77.8 cm³/mol. The zero-order valence-electron chi connectivity index (χ0n) is 12.5. The van der Waals surface area contributed by atoms with Crippen molar-refractivity contribution in [2.45, 2.75) is 58.5 Å². The van der Waals surface area contributed by atoms with E-state index in [2.05, 4.69) is 19.2 Å². The number of carbonyl (C=O) groups is 1. The van der Waals surface area contributed by atoms with Crippen molar-refractivity contribution in [3.8, 4) is 0 Å². The van der Waals surface area contributed by atoms with Gasteiger partial charge in [-0.05, 0) is 50.5 Å².